The smallest absolute Gasteiger partial charge is 0.171 e. The summed E-state index contributed by atoms with van der Waals surface area (Å²) in [6, 6.07) is 16.4. The van der Waals surface area contributed by atoms with E-state index in [0.717, 1.165) is 11.3 Å². The van der Waals surface area contributed by atoms with E-state index in [2.05, 4.69) is 10.6 Å². The fraction of sp³-hybridized carbons (Fsp3) is 0.133. The van der Waals surface area contributed by atoms with Crippen molar-refractivity contribution in [1.82, 2.24) is 5.32 Å². The zero-order valence-electron chi connectivity index (χ0n) is 11.5. The van der Waals surface area contributed by atoms with Gasteiger partial charge in [0, 0.05) is 5.69 Å². The summed E-state index contributed by atoms with van der Waals surface area (Å²) in [4.78, 5) is 0. The average molecular weight is 302 g/mol. The molecule has 5 nitrogen and oxygen atoms in total. The van der Waals surface area contributed by atoms with Crippen molar-refractivity contribution in [3.63, 3.8) is 0 Å². The SMILES string of the molecule is CC(NC(=S)Nc1ccc(N([O-])O)cc1)c1ccccc1. The van der Waals surface area contributed by atoms with Crippen molar-refractivity contribution in [3.8, 4) is 0 Å². The number of thiocarbonyl (C=S) groups is 1. The van der Waals surface area contributed by atoms with E-state index in [9.17, 15) is 5.21 Å². The lowest BCUT2D eigenvalue weighted by Gasteiger charge is -2.22. The Bertz CT molecular complexity index is 588. The monoisotopic (exact) mass is 302 g/mol. The molecule has 0 fully saturated rings. The molecule has 0 aliphatic heterocycles. The van der Waals surface area contributed by atoms with Gasteiger partial charge < -0.3 is 21.1 Å². The minimum Gasteiger partial charge on any atom is -0.733 e. The van der Waals surface area contributed by atoms with Crippen LogP contribution in [-0.2, 0) is 0 Å². The van der Waals surface area contributed by atoms with Crippen molar-refractivity contribution in [2.75, 3.05) is 10.5 Å². The fourth-order valence-corrected chi connectivity index (χ4v) is 2.16. The van der Waals surface area contributed by atoms with E-state index in [-0.39, 0.29) is 17.0 Å². The van der Waals surface area contributed by atoms with Gasteiger partial charge in [-0.2, -0.15) is 0 Å². The predicted octanol–water partition coefficient (Wildman–Crippen LogP) is 3.43. The largest absolute Gasteiger partial charge is 0.733 e. The highest BCUT2D eigenvalue weighted by atomic mass is 32.1. The summed E-state index contributed by atoms with van der Waals surface area (Å²) in [6.07, 6.45) is 0. The van der Waals surface area contributed by atoms with Gasteiger partial charge in [0.05, 0.1) is 11.7 Å². The number of anilines is 2. The van der Waals surface area contributed by atoms with Crippen LogP contribution in [0.4, 0.5) is 11.4 Å². The summed E-state index contributed by atoms with van der Waals surface area (Å²) in [5, 5.41) is 26.0. The average Bonchev–Trinajstić information content (AvgIpc) is 2.48. The Balaban J connectivity index is 1.92. The molecule has 0 aliphatic rings. The molecule has 6 heteroatoms. The second-order valence-corrected chi connectivity index (χ2v) is 4.96. The molecule has 0 heterocycles. The molecule has 0 aliphatic carbocycles. The summed E-state index contributed by atoms with van der Waals surface area (Å²) in [5.74, 6) is 0. The Kier molecular flexibility index (Phi) is 5.10. The first kappa shape index (κ1) is 15.2. The van der Waals surface area contributed by atoms with Crippen molar-refractivity contribution >= 4 is 28.7 Å². The predicted molar refractivity (Wildman–Crippen MR) is 88.3 cm³/mol. The van der Waals surface area contributed by atoms with Gasteiger partial charge in [-0.3, -0.25) is 5.21 Å². The molecule has 2 rings (SSSR count). The summed E-state index contributed by atoms with van der Waals surface area (Å²) < 4.78 is 0. The summed E-state index contributed by atoms with van der Waals surface area (Å²) in [5.41, 5.74) is 2.04. The Morgan fingerprint density at radius 2 is 1.76 bits per heavy atom. The molecular formula is C15H16N3O2S-. The molecule has 21 heavy (non-hydrogen) atoms. The molecule has 0 radical (unpaired) electrons. The van der Waals surface area contributed by atoms with Gasteiger partial charge in [-0.05, 0) is 49.0 Å². The standard InChI is InChI=1S/C15H16N3O2S/c1-11(12-5-3-2-4-6-12)16-15(21)17-13-7-9-14(10-8-13)18(19)20/h2-11,19H,1H3,(H2,16,17,21)/q-1. The van der Waals surface area contributed by atoms with E-state index < -0.39 is 0 Å². The number of hydrogen-bond donors (Lipinski definition) is 3. The molecule has 0 bridgehead atoms. The van der Waals surface area contributed by atoms with E-state index in [4.69, 9.17) is 17.4 Å². The zero-order chi connectivity index (χ0) is 15.2. The van der Waals surface area contributed by atoms with Crippen LogP contribution in [0.2, 0.25) is 0 Å². The van der Waals surface area contributed by atoms with E-state index >= 15 is 0 Å². The molecule has 1 atom stereocenters. The number of hydrogen-bond acceptors (Lipinski definition) is 4. The molecule has 2 aromatic carbocycles. The van der Waals surface area contributed by atoms with Gasteiger partial charge in [0.2, 0.25) is 0 Å². The van der Waals surface area contributed by atoms with Crippen LogP contribution in [-0.4, -0.2) is 10.3 Å². The Morgan fingerprint density at radius 3 is 2.33 bits per heavy atom. The minimum atomic E-state index is -0.183. The number of benzene rings is 2. The van der Waals surface area contributed by atoms with Crippen molar-refractivity contribution in [1.29, 1.82) is 0 Å². The molecule has 0 saturated heterocycles. The van der Waals surface area contributed by atoms with E-state index in [1.807, 2.05) is 37.3 Å². The normalized spacial score (nSPS) is 11.6. The lowest BCUT2D eigenvalue weighted by atomic mass is 10.1. The highest BCUT2D eigenvalue weighted by Gasteiger charge is 2.06. The molecule has 0 amide bonds. The van der Waals surface area contributed by atoms with Gasteiger partial charge >= 0.3 is 0 Å². The first-order chi connectivity index (χ1) is 10.1. The first-order valence-corrected chi connectivity index (χ1v) is 6.86. The fourth-order valence-electron chi connectivity index (χ4n) is 1.86. The summed E-state index contributed by atoms with van der Waals surface area (Å²) in [6.45, 7) is 2.02. The van der Waals surface area contributed by atoms with E-state index in [1.165, 1.54) is 12.1 Å². The Morgan fingerprint density at radius 1 is 1.14 bits per heavy atom. The Labute approximate surface area is 128 Å². The molecule has 2 aromatic rings. The molecule has 0 aromatic heterocycles. The zero-order valence-corrected chi connectivity index (χ0v) is 12.3. The van der Waals surface area contributed by atoms with Crippen LogP contribution >= 0.6 is 12.2 Å². The van der Waals surface area contributed by atoms with Crippen molar-refractivity contribution in [2.45, 2.75) is 13.0 Å². The van der Waals surface area contributed by atoms with Crippen LogP contribution in [0.3, 0.4) is 0 Å². The van der Waals surface area contributed by atoms with Crippen LogP contribution in [0, 0.1) is 5.21 Å². The third-order valence-corrected chi connectivity index (χ3v) is 3.21. The van der Waals surface area contributed by atoms with Crippen LogP contribution in [0.5, 0.6) is 0 Å². The lowest BCUT2D eigenvalue weighted by molar-refractivity contribution is 0.296. The molecule has 1 unspecified atom stereocenters. The van der Waals surface area contributed by atoms with Crippen LogP contribution in [0.1, 0.15) is 18.5 Å². The third-order valence-electron chi connectivity index (χ3n) is 2.99. The highest BCUT2D eigenvalue weighted by Crippen LogP contribution is 2.16. The maximum absolute atomic E-state index is 10.7. The Hall–Kier alpha value is -2.15. The lowest BCUT2D eigenvalue weighted by Crippen LogP contribution is -2.30. The van der Waals surface area contributed by atoms with Gasteiger partial charge in [0.25, 0.3) is 0 Å². The van der Waals surface area contributed by atoms with E-state index in [1.54, 1.807) is 12.1 Å². The summed E-state index contributed by atoms with van der Waals surface area (Å²) >= 11 is 5.25. The topological polar surface area (TPSA) is 70.6 Å². The van der Waals surface area contributed by atoms with Gasteiger partial charge in [0.15, 0.2) is 5.11 Å². The van der Waals surface area contributed by atoms with Crippen LogP contribution in [0.15, 0.2) is 54.6 Å². The maximum atomic E-state index is 10.7. The second kappa shape index (κ2) is 7.03. The minimum absolute atomic E-state index is 0.0834. The second-order valence-electron chi connectivity index (χ2n) is 4.55. The van der Waals surface area contributed by atoms with Crippen molar-refractivity contribution in [3.05, 3.63) is 65.4 Å². The molecule has 110 valence electrons. The van der Waals surface area contributed by atoms with Crippen LogP contribution < -0.4 is 15.9 Å². The first-order valence-electron chi connectivity index (χ1n) is 6.45. The van der Waals surface area contributed by atoms with Crippen molar-refractivity contribution < 1.29 is 5.21 Å². The van der Waals surface area contributed by atoms with Gasteiger partial charge in [-0.1, -0.05) is 30.3 Å². The maximum Gasteiger partial charge on any atom is 0.171 e. The molecule has 0 spiro atoms. The number of nitrogens with one attached hydrogen (secondary N) is 2. The van der Waals surface area contributed by atoms with Gasteiger partial charge in [-0.15, -0.1) is 0 Å². The highest BCUT2D eigenvalue weighted by molar-refractivity contribution is 7.80. The van der Waals surface area contributed by atoms with Gasteiger partial charge in [0.1, 0.15) is 0 Å². The van der Waals surface area contributed by atoms with E-state index in [0.29, 0.717) is 5.11 Å². The number of nitrogens with zero attached hydrogens (tertiary/aromatic N) is 1. The molecule has 0 saturated carbocycles. The molecule has 3 N–H and O–H groups in total. The van der Waals surface area contributed by atoms with Crippen molar-refractivity contribution in [2.24, 2.45) is 0 Å². The quantitative estimate of drug-likeness (QED) is 0.594. The molecular weight excluding hydrogens is 286 g/mol. The van der Waals surface area contributed by atoms with Crippen LogP contribution in [0.25, 0.3) is 0 Å². The van der Waals surface area contributed by atoms with Gasteiger partial charge in [-0.25, -0.2) is 0 Å². The number of rotatable bonds is 4. The summed E-state index contributed by atoms with van der Waals surface area (Å²) in [7, 11) is 0. The third kappa shape index (κ3) is 4.42.